The van der Waals surface area contributed by atoms with Crippen molar-refractivity contribution in [1.82, 2.24) is 9.97 Å². The molecule has 0 aliphatic rings. The van der Waals surface area contributed by atoms with E-state index in [1.54, 1.807) is 0 Å². The molecule has 1 rings (SSSR count). The maximum absolute atomic E-state index is 10.7. The monoisotopic (exact) mass is 218 g/mol. The fourth-order valence-electron chi connectivity index (χ4n) is 0.850. The van der Waals surface area contributed by atoms with Crippen LogP contribution >= 0.6 is 0 Å². The molecule has 0 unspecified atom stereocenters. The normalized spacial score (nSPS) is 10.6. The smallest absolute Gasteiger partial charge is 0.549 e. The van der Waals surface area contributed by atoms with Gasteiger partial charge in [-0.1, -0.05) is 0 Å². The van der Waals surface area contributed by atoms with Crippen molar-refractivity contribution in [2.45, 2.75) is 25.9 Å². The summed E-state index contributed by atoms with van der Waals surface area (Å²) in [4.78, 5) is 18.4. The molecule has 0 bridgehead atoms. The number of aliphatic hydroxyl groups excluding tert-OH is 1. The minimum atomic E-state index is -1.23. The zero-order valence-electron chi connectivity index (χ0n) is 9.02. The molecule has 1 aromatic heterocycles. The van der Waals surface area contributed by atoms with E-state index in [-0.39, 0.29) is 42.0 Å². The molecule has 1 aromatic rings. The topological polar surface area (TPSA) is 86.1 Å². The van der Waals surface area contributed by atoms with Crippen LogP contribution in [-0.4, -0.2) is 21.0 Å². The van der Waals surface area contributed by atoms with Crippen LogP contribution in [0.4, 0.5) is 0 Å². The van der Waals surface area contributed by atoms with Gasteiger partial charge in [0, 0.05) is 18.0 Å². The van der Waals surface area contributed by atoms with Crippen molar-refractivity contribution in [3.05, 3.63) is 23.8 Å². The van der Waals surface area contributed by atoms with Gasteiger partial charge in [0.25, 0.3) is 0 Å². The van der Waals surface area contributed by atoms with E-state index in [4.69, 9.17) is 5.11 Å². The molecule has 1 N–H and O–H groups in total. The van der Waals surface area contributed by atoms with Gasteiger partial charge >= 0.3 is 29.6 Å². The third-order valence-corrected chi connectivity index (χ3v) is 1.96. The second-order valence-corrected chi connectivity index (χ2v) is 3.49. The molecule has 6 heteroatoms. The zero-order chi connectivity index (χ0) is 10.8. The number of hydrogen-bond donors (Lipinski definition) is 1. The van der Waals surface area contributed by atoms with Gasteiger partial charge in [-0.15, -0.1) is 0 Å². The summed E-state index contributed by atoms with van der Waals surface area (Å²) in [5, 5.41) is 19.5. The number of aliphatic hydroxyl groups is 1. The van der Waals surface area contributed by atoms with Crippen molar-refractivity contribution in [3.63, 3.8) is 0 Å². The third-order valence-electron chi connectivity index (χ3n) is 1.96. The van der Waals surface area contributed by atoms with Crippen LogP contribution in [0.25, 0.3) is 0 Å². The second-order valence-electron chi connectivity index (χ2n) is 3.49. The summed E-state index contributed by atoms with van der Waals surface area (Å²) in [6.07, 6.45) is 2.79. The minimum Gasteiger partial charge on any atom is -0.549 e. The van der Waals surface area contributed by atoms with Gasteiger partial charge in [0.2, 0.25) is 0 Å². The average Bonchev–Trinajstić information content (AvgIpc) is 2.17. The number of hydrogen-bond acceptors (Lipinski definition) is 5. The van der Waals surface area contributed by atoms with Crippen molar-refractivity contribution in [2.75, 3.05) is 0 Å². The van der Waals surface area contributed by atoms with Crippen LogP contribution in [0.5, 0.6) is 0 Å². The standard InChI is InChI=1S/C9H12N2O3.Na/c1-9(2,8(13)14)7-10-3-6(5-12)4-11-7;/h3-4,12H,5H2,1-2H3,(H,13,14);/q;+1/p-1. The van der Waals surface area contributed by atoms with E-state index in [0.29, 0.717) is 5.56 Å². The summed E-state index contributed by atoms with van der Waals surface area (Å²) in [6, 6.07) is 0. The Bertz CT molecular complexity index is 338. The molecule has 1 heterocycles. The van der Waals surface area contributed by atoms with E-state index in [1.807, 2.05) is 0 Å². The number of aromatic nitrogens is 2. The first kappa shape index (κ1) is 14.5. The van der Waals surface area contributed by atoms with Crippen molar-refractivity contribution < 1.29 is 44.6 Å². The number of aliphatic carboxylic acids is 1. The Labute approximate surface area is 110 Å². The fourth-order valence-corrected chi connectivity index (χ4v) is 0.850. The Balaban J connectivity index is 0.00000196. The molecule has 0 spiro atoms. The van der Waals surface area contributed by atoms with Crippen molar-refractivity contribution in [1.29, 1.82) is 0 Å². The number of carboxylic acids is 1. The van der Waals surface area contributed by atoms with E-state index >= 15 is 0 Å². The van der Waals surface area contributed by atoms with Gasteiger partial charge in [-0.2, -0.15) is 0 Å². The zero-order valence-corrected chi connectivity index (χ0v) is 11.0. The van der Waals surface area contributed by atoms with Gasteiger partial charge in [-0.3, -0.25) is 0 Å². The maximum atomic E-state index is 10.7. The predicted octanol–water partition coefficient (Wildman–Crippen LogP) is -4.00. The molecule has 5 nitrogen and oxygen atoms in total. The summed E-state index contributed by atoms with van der Waals surface area (Å²) in [7, 11) is 0. The first-order chi connectivity index (χ1) is 6.48. The van der Waals surface area contributed by atoms with Crippen LogP contribution < -0.4 is 34.7 Å². The molecular formula is C9H11N2NaO3. The molecular weight excluding hydrogens is 207 g/mol. The Morgan fingerprint density at radius 1 is 1.47 bits per heavy atom. The summed E-state index contributed by atoms with van der Waals surface area (Å²) >= 11 is 0. The van der Waals surface area contributed by atoms with E-state index in [2.05, 4.69) is 9.97 Å². The summed E-state index contributed by atoms with van der Waals surface area (Å²) in [5.41, 5.74) is -0.670. The van der Waals surface area contributed by atoms with Crippen molar-refractivity contribution in [2.24, 2.45) is 0 Å². The maximum Gasteiger partial charge on any atom is 1.00 e. The largest absolute Gasteiger partial charge is 1.00 e. The number of nitrogens with zero attached hydrogens (tertiary/aromatic N) is 2. The number of carboxylic acid groups (broad SMARTS) is 1. The Hall–Kier alpha value is -0.490. The summed E-state index contributed by atoms with van der Waals surface area (Å²) < 4.78 is 0. The molecule has 0 radical (unpaired) electrons. The van der Waals surface area contributed by atoms with E-state index in [1.165, 1.54) is 26.2 Å². The van der Waals surface area contributed by atoms with Crippen LogP contribution in [0.1, 0.15) is 25.2 Å². The van der Waals surface area contributed by atoms with Crippen LogP contribution in [0, 0.1) is 0 Å². The van der Waals surface area contributed by atoms with Crippen molar-refractivity contribution in [3.8, 4) is 0 Å². The van der Waals surface area contributed by atoms with Crippen molar-refractivity contribution >= 4 is 5.97 Å². The van der Waals surface area contributed by atoms with Gasteiger partial charge in [0.05, 0.1) is 18.0 Å². The molecule has 0 saturated heterocycles. The first-order valence-corrected chi connectivity index (χ1v) is 4.12. The van der Waals surface area contributed by atoms with Gasteiger partial charge in [0.1, 0.15) is 5.82 Å². The quantitative estimate of drug-likeness (QED) is 0.522. The molecule has 0 aliphatic carbocycles. The molecule has 0 aromatic carbocycles. The third kappa shape index (κ3) is 3.24. The second kappa shape index (κ2) is 5.55. The predicted molar refractivity (Wildman–Crippen MR) is 46.0 cm³/mol. The molecule has 0 fully saturated rings. The minimum absolute atomic E-state index is 0. The van der Waals surface area contributed by atoms with Gasteiger partial charge in [0.15, 0.2) is 0 Å². The summed E-state index contributed by atoms with van der Waals surface area (Å²) in [6.45, 7) is 2.78. The molecule has 0 amide bonds. The average molecular weight is 218 g/mol. The van der Waals surface area contributed by atoms with Crippen LogP contribution in [0.2, 0.25) is 0 Å². The van der Waals surface area contributed by atoms with Gasteiger partial charge in [-0.25, -0.2) is 9.97 Å². The SMILES string of the molecule is CC(C)(C(=O)[O-])c1ncc(CO)cn1.[Na+]. The van der Waals surface area contributed by atoms with Crippen LogP contribution in [0.15, 0.2) is 12.4 Å². The Kier molecular flexibility index (Phi) is 5.37. The number of carbonyl (C=O) groups is 1. The van der Waals surface area contributed by atoms with Gasteiger partial charge < -0.3 is 15.0 Å². The van der Waals surface area contributed by atoms with Crippen LogP contribution in [-0.2, 0) is 16.8 Å². The molecule has 0 saturated carbocycles. The van der Waals surface area contributed by atoms with E-state index in [0.717, 1.165) is 0 Å². The molecule has 0 atom stereocenters. The van der Waals surface area contributed by atoms with E-state index in [9.17, 15) is 9.90 Å². The molecule has 15 heavy (non-hydrogen) atoms. The number of rotatable bonds is 3. The van der Waals surface area contributed by atoms with Gasteiger partial charge in [-0.05, 0) is 13.8 Å². The number of carbonyl (C=O) groups excluding carboxylic acids is 1. The first-order valence-electron chi connectivity index (χ1n) is 4.12. The molecule has 76 valence electrons. The Morgan fingerprint density at radius 2 is 1.93 bits per heavy atom. The van der Waals surface area contributed by atoms with Crippen LogP contribution in [0.3, 0.4) is 0 Å². The molecule has 0 aliphatic heterocycles. The van der Waals surface area contributed by atoms with E-state index < -0.39 is 11.4 Å². The fraction of sp³-hybridized carbons (Fsp3) is 0.444. The Morgan fingerprint density at radius 3 is 2.27 bits per heavy atom. The summed E-state index contributed by atoms with van der Waals surface area (Å²) in [5.74, 6) is -1.05.